The first-order valence-corrected chi connectivity index (χ1v) is 22.9. The predicted octanol–water partition coefficient (Wildman–Crippen LogP) is 6.21. The number of hydrogen-bond donors (Lipinski definition) is 3. The summed E-state index contributed by atoms with van der Waals surface area (Å²) >= 11 is 0. The molecule has 0 spiro atoms. The molecule has 346 valence electrons. The molecule has 2 bridgehead atoms. The molecule has 1 aromatic rings. The molecule has 4 aliphatic rings. The Hall–Kier alpha value is -3.46. The molecule has 13 nitrogen and oxygen atoms in total. The number of rotatable bonds is 7. The molecule has 14 atom stereocenters. The zero-order chi connectivity index (χ0) is 45.5. The summed E-state index contributed by atoms with van der Waals surface area (Å²) in [4.78, 5) is 58.2. The van der Waals surface area contributed by atoms with Gasteiger partial charge in [-0.3, -0.25) is 14.4 Å². The summed E-state index contributed by atoms with van der Waals surface area (Å²) < 4.78 is 30.6. The zero-order valence-electron chi connectivity index (χ0n) is 38.4. The molecule has 0 radical (unpaired) electrons. The van der Waals surface area contributed by atoms with Crippen molar-refractivity contribution in [1.82, 2.24) is 4.90 Å². The molecule has 3 N–H and O–H groups in total. The zero-order valence-corrected chi connectivity index (χ0v) is 38.4. The maximum Gasteiger partial charge on any atom is 0.329 e. The van der Waals surface area contributed by atoms with E-state index in [1.165, 1.54) is 19.1 Å². The minimum absolute atomic E-state index is 0.0269. The third kappa shape index (κ3) is 11.8. The molecule has 13 heteroatoms. The molecule has 3 aliphatic heterocycles. The van der Waals surface area contributed by atoms with Crippen LogP contribution in [0, 0.1) is 36.5 Å². The summed E-state index contributed by atoms with van der Waals surface area (Å²) in [5, 5.41) is 34.8. The van der Waals surface area contributed by atoms with Gasteiger partial charge in [-0.15, -0.1) is 0 Å². The second kappa shape index (κ2) is 22.0. The number of carbonyl (C=O) groups is 4. The van der Waals surface area contributed by atoms with Crippen molar-refractivity contribution in [2.75, 3.05) is 20.8 Å². The molecular formula is C49H73NO12. The Balaban J connectivity index is 1.50. The largest absolute Gasteiger partial charge is 0.488 e. The van der Waals surface area contributed by atoms with E-state index in [9.17, 15) is 34.5 Å². The van der Waals surface area contributed by atoms with E-state index in [1.807, 2.05) is 64.1 Å². The molecule has 5 rings (SSSR count). The Morgan fingerprint density at radius 2 is 1.56 bits per heavy atom. The number of aliphatic hydroxyl groups excluding tert-OH is 2. The summed E-state index contributed by atoms with van der Waals surface area (Å²) in [6.45, 7) is 13.3. The van der Waals surface area contributed by atoms with Gasteiger partial charge in [0.2, 0.25) is 5.79 Å². The Kier molecular flexibility index (Phi) is 17.5. The minimum Gasteiger partial charge on any atom is -0.488 e. The second-order valence-electron chi connectivity index (χ2n) is 18.9. The minimum atomic E-state index is -2.51. The van der Waals surface area contributed by atoms with E-state index in [4.69, 9.17) is 23.7 Å². The highest BCUT2D eigenvalue weighted by Gasteiger charge is 2.56. The van der Waals surface area contributed by atoms with Crippen LogP contribution < -0.4 is 4.74 Å². The van der Waals surface area contributed by atoms with Gasteiger partial charge >= 0.3 is 5.97 Å². The number of nitrogens with zero attached hydrogens (tertiary/aromatic N) is 1. The number of methoxy groups -OCH3 is 2. The topological polar surface area (TPSA) is 178 Å². The highest BCUT2D eigenvalue weighted by molar-refractivity contribution is 6.39. The number of aryl methyl sites for hydroxylation is 1. The van der Waals surface area contributed by atoms with Crippen LogP contribution in [-0.4, -0.2) is 119 Å². The lowest BCUT2D eigenvalue weighted by molar-refractivity contribution is -0.302. The lowest BCUT2D eigenvalue weighted by Gasteiger charge is -2.47. The van der Waals surface area contributed by atoms with Crippen molar-refractivity contribution >= 4 is 23.4 Å². The average Bonchev–Trinajstić information content (AvgIpc) is 3.25. The number of amides is 1. The fourth-order valence-electron chi connectivity index (χ4n) is 10.1. The maximum absolute atomic E-state index is 14.5. The SMILES string of the molecule is CC[C@@H]1/C=C(\C)C[C@H](C)C[C@H](OC)[C@H]2O[C@@](O)(C(=O)C(=O)N3CCCC[C@H]3C(=O)O[C@H](/C(C)=C/[C@@H]3CC[C@@H](O)[C@H](Oc4ccc(C)cc4)C3)[C@H](C)[C@@H](O)CC1=O)[C@H](C)C[C@@H]2OC. The lowest BCUT2D eigenvalue weighted by Crippen LogP contribution is -2.64. The molecule has 1 amide bonds. The number of fused-ring (bicyclic) bond motifs is 3. The first kappa shape index (κ1) is 49.6. The Morgan fingerprint density at radius 1 is 0.887 bits per heavy atom. The molecule has 0 aromatic heterocycles. The predicted molar refractivity (Wildman–Crippen MR) is 233 cm³/mol. The number of ketones is 2. The summed E-state index contributed by atoms with van der Waals surface area (Å²) in [5.41, 5.74) is 2.73. The summed E-state index contributed by atoms with van der Waals surface area (Å²) in [7, 11) is 3.07. The number of Topliss-reactive ketones (excluding diaryl/α,β-unsaturated/α-hetero) is 2. The molecule has 3 heterocycles. The van der Waals surface area contributed by atoms with Crippen LogP contribution in [0.1, 0.15) is 118 Å². The van der Waals surface area contributed by atoms with Crippen molar-refractivity contribution in [3.63, 3.8) is 0 Å². The van der Waals surface area contributed by atoms with Gasteiger partial charge in [0.15, 0.2) is 0 Å². The van der Waals surface area contributed by atoms with Gasteiger partial charge in [0.1, 0.15) is 35.9 Å². The van der Waals surface area contributed by atoms with E-state index >= 15 is 0 Å². The monoisotopic (exact) mass is 868 g/mol. The number of piperidine rings is 1. The molecule has 1 aliphatic carbocycles. The number of benzene rings is 1. The van der Waals surface area contributed by atoms with Gasteiger partial charge in [-0.25, -0.2) is 4.79 Å². The molecule has 0 unspecified atom stereocenters. The van der Waals surface area contributed by atoms with E-state index in [-0.39, 0.29) is 43.4 Å². The second-order valence-corrected chi connectivity index (χ2v) is 18.9. The van der Waals surface area contributed by atoms with Gasteiger partial charge in [-0.2, -0.15) is 0 Å². The molecule has 62 heavy (non-hydrogen) atoms. The van der Waals surface area contributed by atoms with Crippen LogP contribution in [0.25, 0.3) is 0 Å². The number of cyclic esters (lactones) is 1. The third-order valence-corrected chi connectivity index (χ3v) is 13.9. The average molecular weight is 868 g/mol. The molecular weight excluding hydrogens is 795 g/mol. The fraction of sp³-hybridized carbons (Fsp3) is 0.714. The van der Waals surface area contributed by atoms with Crippen molar-refractivity contribution in [3.8, 4) is 5.75 Å². The van der Waals surface area contributed by atoms with Crippen LogP contribution in [0.3, 0.4) is 0 Å². The fourth-order valence-corrected chi connectivity index (χ4v) is 10.1. The molecule has 1 saturated carbocycles. The van der Waals surface area contributed by atoms with Crippen LogP contribution >= 0.6 is 0 Å². The van der Waals surface area contributed by atoms with Crippen LogP contribution in [0.15, 0.2) is 47.6 Å². The number of ether oxygens (including phenoxy) is 5. The van der Waals surface area contributed by atoms with Crippen molar-refractivity contribution in [2.24, 2.45) is 29.6 Å². The number of carbonyl (C=O) groups excluding carboxylic acids is 4. The molecule has 1 aromatic carbocycles. The highest BCUT2D eigenvalue weighted by atomic mass is 16.7. The Labute approximate surface area is 368 Å². The van der Waals surface area contributed by atoms with Crippen molar-refractivity contribution in [3.05, 3.63) is 53.1 Å². The van der Waals surface area contributed by atoms with E-state index < -0.39 is 90.0 Å². The van der Waals surface area contributed by atoms with E-state index in [2.05, 4.69) is 6.92 Å². The van der Waals surface area contributed by atoms with Crippen molar-refractivity contribution < 1.29 is 58.2 Å². The van der Waals surface area contributed by atoms with Gasteiger partial charge < -0.3 is 43.9 Å². The van der Waals surface area contributed by atoms with E-state index in [0.717, 1.165) is 11.1 Å². The normalized spacial score (nSPS) is 38.6. The summed E-state index contributed by atoms with van der Waals surface area (Å²) in [6.07, 6.45) is 3.24. The first-order valence-electron chi connectivity index (χ1n) is 22.9. The quantitative estimate of drug-likeness (QED) is 0.161. The highest BCUT2D eigenvalue weighted by Crippen LogP contribution is 2.39. The van der Waals surface area contributed by atoms with Crippen LogP contribution in [0.2, 0.25) is 0 Å². The third-order valence-electron chi connectivity index (χ3n) is 13.9. The van der Waals surface area contributed by atoms with Crippen LogP contribution in [0.5, 0.6) is 5.75 Å². The van der Waals surface area contributed by atoms with Crippen LogP contribution in [0.4, 0.5) is 0 Å². The van der Waals surface area contributed by atoms with Gasteiger partial charge in [0, 0.05) is 44.9 Å². The number of hydrogen-bond acceptors (Lipinski definition) is 12. The Bertz CT molecular complexity index is 1760. The Morgan fingerprint density at radius 3 is 2.23 bits per heavy atom. The van der Waals surface area contributed by atoms with Gasteiger partial charge in [0.25, 0.3) is 11.7 Å². The van der Waals surface area contributed by atoms with E-state index in [1.54, 1.807) is 13.8 Å². The molecule has 3 fully saturated rings. The van der Waals surface area contributed by atoms with Gasteiger partial charge in [0.05, 0.1) is 24.4 Å². The van der Waals surface area contributed by atoms with Gasteiger partial charge in [-0.05, 0) is 115 Å². The number of aliphatic hydroxyl groups is 3. The van der Waals surface area contributed by atoms with Gasteiger partial charge in [-0.1, -0.05) is 63.1 Å². The smallest absolute Gasteiger partial charge is 0.329 e. The summed E-state index contributed by atoms with van der Waals surface area (Å²) in [5.74, 6) is -7.00. The molecule has 2 saturated heterocycles. The van der Waals surface area contributed by atoms with Crippen molar-refractivity contribution in [2.45, 2.75) is 174 Å². The lowest BCUT2D eigenvalue weighted by atomic mass is 9.81. The summed E-state index contributed by atoms with van der Waals surface area (Å²) in [6, 6.07) is 6.51. The van der Waals surface area contributed by atoms with Crippen LogP contribution in [-0.2, 0) is 38.1 Å². The number of esters is 1. The van der Waals surface area contributed by atoms with E-state index in [0.29, 0.717) is 62.7 Å². The van der Waals surface area contributed by atoms with Crippen molar-refractivity contribution in [1.29, 1.82) is 0 Å². The number of allylic oxidation sites excluding steroid dienone is 3. The standard InChI is InChI=1S/C49H73NO12/c1-10-35-22-29(3)21-30(4)23-42(58-8)45-43(59-9)25-32(6)49(57,62-45)46(54)47(55)50-20-12-11-13-37(50)48(56)61-44(33(7)39(52)27-40(35)53)31(5)24-34-16-19-38(51)41(26-34)60-36-17-14-28(2)15-18-36/h14-15,17-18,22,24,30,32-35,37-39,41-45,51-52,57H,10-13,16,19-21,23,25-27H2,1-9H3/b29-22+,31-24+/t30-,32+,33+,34-,35+,37-,38+,39-,41+,42-,43-,44+,45+,49+/m0/s1. The maximum atomic E-state index is 14.5. The first-order chi connectivity index (χ1) is 29.4.